The fraction of sp³-hybridized carbons (Fsp3) is 0.235. The van der Waals surface area contributed by atoms with Gasteiger partial charge in [0.2, 0.25) is 5.89 Å². The van der Waals surface area contributed by atoms with Gasteiger partial charge in [-0.1, -0.05) is 12.1 Å². The van der Waals surface area contributed by atoms with Crippen LogP contribution in [0.3, 0.4) is 0 Å². The standard InChI is InChI=1S/C17H16N2O/c1-11-2-5-15-16(8-11)20-17(19-15)13-4-3-12-6-7-18-10-14(12)9-13/h2-5,8-9,18H,6-7,10H2,1H3. The summed E-state index contributed by atoms with van der Waals surface area (Å²) in [7, 11) is 0. The Labute approximate surface area is 117 Å². The Morgan fingerprint density at radius 3 is 3.00 bits per heavy atom. The first-order valence-corrected chi connectivity index (χ1v) is 7.00. The Morgan fingerprint density at radius 1 is 1.10 bits per heavy atom. The molecule has 1 aliphatic rings. The van der Waals surface area contributed by atoms with Crippen molar-refractivity contribution in [2.75, 3.05) is 6.54 Å². The normalized spacial score (nSPS) is 14.4. The van der Waals surface area contributed by atoms with Crippen LogP contribution in [0.5, 0.6) is 0 Å². The third-order valence-corrected chi connectivity index (χ3v) is 3.88. The van der Waals surface area contributed by atoms with Crippen molar-refractivity contribution in [2.45, 2.75) is 19.9 Å². The number of benzene rings is 2. The minimum atomic E-state index is 0.707. The van der Waals surface area contributed by atoms with Crippen molar-refractivity contribution in [3.63, 3.8) is 0 Å². The highest BCUT2D eigenvalue weighted by Crippen LogP contribution is 2.27. The first kappa shape index (κ1) is 11.7. The summed E-state index contributed by atoms with van der Waals surface area (Å²) in [6.45, 7) is 4.06. The molecule has 0 radical (unpaired) electrons. The topological polar surface area (TPSA) is 38.1 Å². The Kier molecular flexibility index (Phi) is 2.60. The van der Waals surface area contributed by atoms with Crippen LogP contribution in [0.2, 0.25) is 0 Å². The third kappa shape index (κ3) is 1.91. The Morgan fingerprint density at radius 2 is 2.05 bits per heavy atom. The van der Waals surface area contributed by atoms with Crippen LogP contribution < -0.4 is 5.32 Å². The summed E-state index contributed by atoms with van der Waals surface area (Å²) in [5, 5.41) is 3.40. The number of aromatic nitrogens is 1. The molecule has 0 saturated heterocycles. The molecule has 0 unspecified atom stereocenters. The fourth-order valence-electron chi connectivity index (χ4n) is 2.77. The van der Waals surface area contributed by atoms with Crippen LogP contribution in [-0.2, 0) is 13.0 Å². The van der Waals surface area contributed by atoms with Gasteiger partial charge in [-0.2, -0.15) is 0 Å². The Hall–Kier alpha value is -2.13. The van der Waals surface area contributed by atoms with Gasteiger partial charge < -0.3 is 9.73 Å². The van der Waals surface area contributed by atoms with Crippen molar-refractivity contribution in [3.05, 3.63) is 53.1 Å². The Bertz CT molecular complexity index is 789. The van der Waals surface area contributed by atoms with E-state index in [9.17, 15) is 0 Å². The van der Waals surface area contributed by atoms with E-state index < -0.39 is 0 Å². The molecule has 3 aromatic rings. The number of hydrogen-bond acceptors (Lipinski definition) is 3. The molecular weight excluding hydrogens is 248 g/mol. The van der Waals surface area contributed by atoms with Gasteiger partial charge in [0.1, 0.15) is 5.52 Å². The maximum atomic E-state index is 5.89. The molecule has 0 saturated carbocycles. The SMILES string of the molecule is Cc1ccc2nc(-c3ccc4c(c3)CNCC4)oc2c1. The van der Waals surface area contributed by atoms with Gasteiger partial charge in [0.15, 0.2) is 5.58 Å². The Balaban J connectivity index is 1.82. The van der Waals surface area contributed by atoms with E-state index in [1.54, 1.807) is 0 Å². The van der Waals surface area contributed by atoms with E-state index in [1.165, 1.54) is 16.7 Å². The average molecular weight is 264 g/mol. The first-order chi connectivity index (χ1) is 9.79. The van der Waals surface area contributed by atoms with Crippen molar-refractivity contribution in [2.24, 2.45) is 0 Å². The molecule has 20 heavy (non-hydrogen) atoms. The number of oxazole rings is 1. The highest BCUT2D eigenvalue weighted by molar-refractivity contribution is 5.77. The lowest BCUT2D eigenvalue weighted by Gasteiger charge is -2.17. The summed E-state index contributed by atoms with van der Waals surface area (Å²) in [5.41, 5.74) is 6.81. The van der Waals surface area contributed by atoms with Crippen LogP contribution >= 0.6 is 0 Å². The highest BCUT2D eigenvalue weighted by atomic mass is 16.3. The third-order valence-electron chi connectivity index (χ3n) is 3.88. The molecule has 0 aliphatic carbocycles. The molecule has 0 bridgehead atoms. The summed E-state index contributed by atoms with van der Waals surface area (Å²) in [6.07, 6.45) is 1.10. The minimum Gasteiger partial charge on any atom is -0.436 e. The molecular formula is C17H16N2O. The molecule has 1 aliphatic heterocycles. The zero-order chi connectivity index (χ0) is 13.5. The lowest BCUT2D eigenvalue weighted by molar-refractivity contribution is 0.617. The van der Waals surface area contributed by atoms with Crippen molar-refractivity contribution >= 4 is 11.1 Å². The van der Waals surface area contributed by atoms with Crippen LogP contribution in [0.15, 0.2) is 40.8 Å². The second kappa shape index (κ2) is 4.46. The van der Waals surface area contributed by atoms with Crippen molar-refractivity contribution < 1.29 is 4.42 Å². The fourth-order valence-corrected chi connectivity index (χ4v) is 2.77. The lowest BCUT2D eigenvalue weighted by atomic mass is 9.98. The molecule has 0 spiro atoms. The van der Waals surface area contributed by atoms with Gasteiger partial charge in [0.25, 0.3) is 0 Å². The number of nitrogens with one attached hydrogen (secondary N) is 1. The molecule has 1 aromatic heterocycles. The van der Waals surface area contributed by atoms with E-state index in [2.05, 4.69) is 41.5 Å². The number of fused-ring (bicyclic) bond motifs is 2. The molecule has 3 heteroatoms. The van der Waals surface area contributed by atoms with Crippen LogP contribution in [-0.4, -0.2) is 11.5 Å². The van der Waals surface area contributed by atoms with Gasteiger partial charge in [-0.3, -0.25) is 0 Å². The van der Waals surface area contributed by atoms with Crippen molar-refractivity contribution in [3.8, 4) is 11.5 Å². The zero-order valence-electron chi connectivity index (χ0n) is 11.4. The van der Waals surface area contributed by atoms with E-state index in [4.69, 9.17) is 4.42 Å². The van der Waals surface area contributed by atoms with Gasteiger partial charge in [0.05, 0.1) is 0 Å². The number of aryl methyl sites for hydroxylation is 1. The summed E-state index contributed by atoms with van der Waals surface area (Å²) >= 11 is 0. The van der Waals surface area contributed by atoms with Gasteiger partial charge >= 0.3 is 0 Å². The van der Waals surface area contributed by atoms with Crippen LogP contribution in [0.25, 0.3) is 22.6 Å². The van der Waals surface area contributed by atoms with Crippen LogP contribution in [0.1, 0.15) is 16.7 Å². The maximum absolute atomic E-state index is 5.89. The molecule has 0 atom stereocenters. The van der Waals surface area contributed by atoms with Crippen molar-refractivity contribution in [1.82, 2.24) is 10.3 Å². The van der Waals surface area contributed by atoms with Gasteiger partial charge in [-0.25, -0.2) is 4.98 Å². The predicted molar refractivity (Wildman–Crippen MR) is 79.6 cm³/mol. The number of nitrogens with zero attached hydrogens (tertiary/aromatic N) is 1. The largest absolute Gasteiger partial charge is 0.436 e. The van der Waals surface area contributed by atoms with Gasteiger partial charge in [-0.15, -0.1) is 0 Å². The van der Waals surface area contributed by atoms with E-state index in [-0.39, 0.29) is 0 Å². The molecule has 100 valence electrons. The van der Waals surface area contributed by atoms with Crippen LogP contribution in [0, 0.1) is 6.92 Å². The molecule has 3 nitrogen and oxygen atoms in total. The van der Waals surface area contributed by atoms with E-state index >= 15 is 0 Å². The first-order valence-electron chi connectivity index (χ1n) is 7.00. The minimum absolute atomic E-state index is 0.707. The average Bonchev–Trinajstić information content (AvgIpc) is 2.89. The summed E-state index contributed by atoms with van der Waals surface area (Å²) < 4.78 is 5.89. The smallest absolute Gasteiger partial charge is 0.227 e. The quantitative estimate of drug-likeness (QED) is 0.731. The van der Waals surface area contributed by atoms with E-state index in [0.29, 0.717) is 5.89 Å². The number of hydrogen-bond donors (Lipinski definition) is 1. The predicted octanol–water partition coefficient (Wildman–Crippen LogP) is 3.45. The van der Waals surface area contributed by atoms with Crippen LogP contribution in [0.4, 0.5) is 0 Å². The molecule has 0 fully saturated rings. The van der Waals surface area contributed by atoms with Crippen molar-refractivity contribution in [1.29, 1.82) is 0 Å². The molecule has 0 amide bonds. The monoisotopic (exact) mass is 264 g/mol. The molecule has 1 N–H and O–H groups in total. The second-order valence-corrected chi connectivity index (χ2v) is 5.40. The lowest BCUT2D eigenvalue weighted by Crippen LogP contribution is -2.23. The molecule has 4 rings (SSSR count). The number of rotatable bonds is 1. The molecule has 2 aromatic carbocycles. The summed E-state index contributed by atoms with van der Waals surface area (Å²) in [6, 6.07) is 12.6. The van der Waals surface area contributed by atoms with Gasteiger partial charge in [0, 0.05) is 12.1 Å². The van der Waals surface area contributed by atoms with E-state index in [1.807, 2.05) is 12.1 Å². The maximum Gasteiger partial charge on any atom is 0.227 e. The highest BCUT2D eigenvalue weighted by Gasteiger charge is 2.13. The van der Waals surface area contributed by atoms with E-state index in [0.717, 1.165) is 36.2 Å². The zero-order valence-corrected chi connectivity index (χ0v) is 11.4. The second-order valence-electron chi connectivity index (χ2n) is 5.40. The summed E-state index contributed by atoms with van der Waals surface area (Å²) in [4.78, 5) is 4.59. The summed E-state index contributed by atoms with van der Waals surface area (Å²) in [5.74, 6) is 0.707. The molecule has 2 heterocycles. The van der Waals surface area contributed by atoms with Gasteiger partial charge in [-0.05, 0) is 60.8 Å².